The summed E-state index contributed by atoms with van der Waals surface area (Å²) in [4.78, 5) is 101. The maximum Gasteiger partial charge on any atom is 0.326 e. The van der Waals surface area contributed by atoms with E-state index in [1.807, 2.05) is 0 Å². The fourth-order valence-corrected chi connectivity index (χ4v) is 5.90. The maximum absolute atomic E-state index is 13.8. The zero-order valence-electron chi connectivity index (χ0n) is 28.8. The number of para-hydroxylation sites is 1. The Hall–Kier alpha value is -5.86. The molecule has 6 amide bonds. The van der Waals surface area contributed by atoms with E-state index in [-0.39, 0.29) is 25.8 Å². The van der Waals surface area contributed by atoms with E-state index in [9.17, 15) is 48.9 Å². The number of nitrogens with two attached hydrogens (primary N) is 1. The number of H-pyrrole nitrogens is 2. The third-order valence-corrected chi connectivity index (χ3v) is 8.73. The van der Waals surface area contributed by atoms with Crippen LogP contribution in [0.25, 0.3) is 10.9 Å². The van der Waals surface area contributed by atoms with Crippen LogP contribution in [0.5, 0.6) is 0 Å². The molecule has 6 atom stereocenters. The van der Waals surface area contributed by atoms with E-state index < -0.39 is 97.4 Å². The van der Waals surface area contributed by atoms with Crippen LogP contribution < -0.4 is 32.3 Å². The molecule has 3 heterocycles. The standard InChI is InChI=1S/C33H44N10O10/c1-17(38-30(49)24(14-44)39-27(46)11-34)28(47)40-22(9-18-12-36-21-6-3-2-5-20(18)21)29(48)42-25(15-45)31(50)41-23(10-19-13-35-16-37-19)32(51)43-8-4-7-26(43)33(52)53/h2-3,5-6,12-13,16-17,22-26,36,44-45H,4,7-11,14-15,34H2,1H3,(H,35,37)(H,38,49)(H,39,46)(H,40,47)(H,41,50)(H,42,48)(H,52,53)/t17-,22-,23-,24-,25-,26-/m0/s1. The van der Waals surface area contributed by atoms with Gasteiger partial charge >= 0.3 is 5.97 Å². The average Bonchev–Trinajstić information content (AvgIpc) is 3.93. The fraction of sp³-hybridized carbons (Fsp3) is 0.455. The summed E-state index contributed by atoms with van der Waals surface area (Å²) < 4.78 is 0. The first-order valence-corrected chi connectivity index (χ1v) is 16.8. The minimum absolute atomic E-state index is 0.102. The lowest BCUT2D eigenvalue weighted by Gasteiger charge is -2.29. The Kier molecular flexibility index (Phi) is 14.0. The number of carboxylic acid groups (broad SMARTS) is 1. The van der Waals surface area contributed by atoms with Gasteiger partial charge in [0.1, 0.15) is 36.3 Å². The molecule has 0 aliphatic carbocycles. The topological polar surface area (TPSA) is 314 Å². The number of rotatable bonds is 18. The summed E-state index contributed by atoms with van der Waals surface area (Å²) in [7, 11) is 0. The number of imidazole rings is 1. The predicted molar refractivity (Wildman–Crippen MR) is 185 cm³/mol. The van der Waals surface area contributed by atoms with Crippen LogP contribution in [0, 0.1) is 0 Å². The van der Waals surface area contributed by atoms with Crippen molar-refractivity contribution in [1.82, 2.24) is 46.4 Å². The van der Waals surface area contributed by atoms with Crippen molar-refractivity contribution in [2.75, 3.05) is 26.3 Å². The minimum Gasteiger partial charge on any atom is -0.480 e. The van der Waals surface area contributed by atoms with Crippen LogP contribution >= 0.6 is 0 Å². The van der Waals surface area contributed by atoms with Gasteiger partial charge in [-0.25, -0.2) is 9.78 Å². The molecule has 1 aliphatic rings. The van der Waals surface area contributed by atoms with Gasteiger partial charge in [0, 0.05) is 48.4 Å². The predicted octanol–water partition coefficient (Wildman–Crippen LogP) is -3.86. The third-order valence-electron chi connectivity index (χ3n) is 8.73. The Morgan fingerprint density at radius 1 is 0.868 bits per heavy atom. The summed E-state index contributed by atoms with van der Waals surface area (Å²) in [5, 5.41) is 42.2. The third kappa shape index (κ3) is 10.4. The smallest absolute Gasteiger partial charge is 0.326 e. The van der Waals surface area contributed by atoms with Crippen molar-refractivity contribution < 1.29 is 48.9 Å². The summed E-state index contributed by atoms with van der Waals surface area (Å²) in [6.07, 6.45) is 4.90. The number of aliphatic hydroxyl groups is 2. The van der Waals surface area contributed by atoms with Gasteiger partial charge in [0.25, 0.3) is 0 Å². The summed E-state index contributed by atoms with van der Waals surface area (Å²) in [6.45, 7) is -0.677. The van der Waals surface area contributed by atoms with Crippen LogP contribution in [0.1, 0.15) is 31.0 Å². The molecule has 0 saturated carbocycles. The number of aliphatic hydroxyl groups excluding tert-OH is 2. The monoisotopic (exact) mass is 740 g/mol. The number of likely N-dealkylation sites (tertiary alicyclic amines) is 1. The Balaban J connectivity index is 1.52. The highest BCUT2D eigenvalue weighted by Gasteiger charge is 2.39. The largest absolute Gasteiger partial charge is 0.480 e. The summed E-state index contributed by atoms with van der Waals surface area (Å²) in [5.41, 5.74) is 7.06. The van der Waals surface area contributed by atoms with Gasteiger partial charge in [-0.1, -0.05) is 18.2 Å². The van der Waals surface area contributed by atoms with Crippen LogP contribution in [-0.2, 0) is 46.4 Å². The second kappa shape index (κ2) is 18.6. The average molecular weight is 741 g/mol. The van der Waals surface area contributed by atoms with E-state index in [1.165, 1.54) is 19.4 Å². The van der Waals surface area contributed by atoms with Gasteiger partial charge in [-0.15, -0.1) is 0 Å². The van der Waals surface area contributed by atoms with E-state index in [1.54, 1.807) is 30.5 Å². The van der Waals surface area contributed by atoms with E-state index in [0.29, 0.717) is 17.7 Å². The lowest BCUT2D eigenvalue weighted by atomic mass is 10.0. The first-order valence-electron chi connectivity index (χ1n) is 16.8. The van der Waals surface area contributed by atoms with E-state index >= 15 is 0 Å². The number of carboxylic acids is 1. The van der Waals surface area contributed by atoms with Crippen molar-refractivity contribution in [2.24, 2.45) is 5.73 Å². The van der Waals surface area contributed by atoms with Crippen molar-refractivity contribution in [1.29, 1.82) is 0 Å². The Morgan fingerprint density at radius 2 is 1.51 bits per heavy atom. The summed E-state index contributed by atoms with van der Waals surface area (Å²) in [5.74, 6) is -6.17. The number of hydrogen-bond acceptors (Lipinski definition) is 11. The highest BCUT2D eigenvalue weighted by Crippen LogP contribution is 2.21. The summed E-state index contributed by atoms with van der Waals surface area (Å²) >= 11 is 0. The molecule has 2 aromatic heterocycles. The number of aliphatic carboxylic acids is 1. The zero-order valence-corrected chi connectivity index (χ0v) is 28.8. The zero-order chi connectivity index (χ0) is 38.7. The molecule has 1 saturated heterocycles. The van der Waals surface area contributed by atoms with E-state index in [4.69, 9.17) is 5.73 Å². The lowest BCUT2D eigenvalue weighted by Crippen LogP contribution is -2.60. The molecule has 0 spiro atoms. The molecule has 0 radical (unpaired) electrons. The number of aromatic amines is 2. The van der Waals surface area contributed by atoms with Gasteiger partial charge in [0.15, 0.2) is 0 Å². The highest BCUT2D eigenvalue weighted by atomic mass is 16.4. The molecule has 0 bridgehead atoms. The minimum atomic E-state index is -1.62. The number of aromatic nitrogens is 3. The molecule has 1 fully saturated rings. The quantitative estimate of drug-likeness (QED) is 0.0597. The SMILES string of the molecule is C[C@H](NC(=O)[C@H](CO)NC(=O)CN)C(=O)N[C@@H](Cc1c[nH]c2ccccc12)C(=O)N[C@@H](CO)C(=O)N[C@@H](Cc1cnc[nH]1)C(=O)N1CCC[C@H]1C(=O)O. The number of benzene rings is 1. The van der Waals surface area contributed by atoms with Crippen LogP contribution in [0.2, 0.25) is 0 Å². The number of nitrogens with zero attached hydrogens (tertiary/aromatic N) is 2. The molecule has 0 unspecified atom stereocenters. The molecule has 20 nitrogen and oxygen atoms in total. The highest BCUT2D eigenvalue weighted by molar-refractivity contribution is 5.97. The van der Waals surface area contributed by atoms with Gasteiger partial charge in [0.05, 0.1) is 26.1 Å². The normalized spacial score (nSPS) is 16.8. The van der Waals surface area contributed by atoms with Crippen molar-refractivity contribution in [3.8, 4) is 0 Å². The van der Waals surface area contributed by atoms with Gasteiger partial charge in [0.2, 0.25) is 35.4 Å². The number of hydrogen-bond donors (Lipinski definition) is 11. The molecule has 12 N–H and O–H groups in total. The first-order chi connectivity index (χ1) is 25.4. The molecule has 4 rings (SSSR count). The van der Waals surface area contributed by atoms with Crippen LogP contribution in [0.15, 0.2) is 43.0 Å². The van der Waals surface area contributed by atoms with Crippen molar-refractivity contribution in [2.45, 2.75) is 68.9 Å². The molecule has 1 aliphatic heterocycles. The van der Waals surface area contributed by atoms with Gasteiger partial charge in [-0.2, -0.15) is 0 Å². The molecule has 286 valence electrons. The molecule has 20 heteroatoms. The number of fused-ring (bicyclic) bond motifs is 1. The van der Waals surface area contributed by atoms with Crippen LogP contribution in [0.3, 0.4) is 0 Å². The van der Waals surface area contributed by atoms with Gasteiger partial charge in [-0.05, 0) is 31.4 Å². The molecule has 1 aromatic carbocycles. The number of nitrogens with one attached hydrogen (secondary N) is 7. The first kappa shape index (κ1) is 39.9. The van der Waals surface area contributed by atoms with Crippen molar-refractivity contribution in [3.63, 3.8) is 0 Å². The van der Waals surface area contributed by atoms with Crippen LogP contribution in [-0.4, -0.2) is 139 Å². The van der Waals surface area contributed by atoms with Crippen molar-refractivity contribution in [3.05, 3.63) is 54.2 Å². The van der Waals surface area contributed by atoms with Gasteiger partial charge in [-0.3, -0.25) is 28.8 Å². The molecular weight excluding hydrogens is 696 g/mol. The number of carbonyl (C=O) groups is 7. The summed E-state index contributed by atoms with van der Waals surface area (Å²) in [6, 6.07) is -0.887. The number of amides is 6. The fourth-order valence-electron chi connectivity index (χ4n) is 5.90. The second-order valence-electron chi connectivity index (χ2n) is 12.5. The van der Waals surface area contributed by atoms with Crippen molar-refractivity contribution >= 4 is 52.3 Å². The molecule has 3 aromatic rings. The molecule has 53 heavy (non-hydrogen) atoms. The van der Waals surface area contributed by atoms with E-state index in [2.05, 4.69) is 41.5 Å². The van der Waals surface area contributed by atoms with E-state index in [0.717, 1.165) is 15.8 Å². The maximum atomic E-state index is 13.8. The van der Waals surface area contributed by atoms with Gasteiger partial charge < -0.3 is 62.5 Å². The van der Waals surface area contributed by atoms with Crippen LogP contribution in [0.4, 0.5) is 0 Å². The Labute approximate surface area is 302 Å². The molecular formula is C33H44N10O10. The second-order valence-corrected chi connectivity index (χ2v) is 12.5. The lowest BCUT2D eigenvalue weighted by molar-refractivity contribution is -0.149. The Morgan fingerprint density at radius 3 is 2.17 bits per heavy atom. The number of carbonyl (C=O) groups excluding carboxylic acids is 6. The Bertz CT molecular complexity index is 1780.